The number of amides is 1. The Labute approximate surface area is 150 Å². The van der Waals surface area contributed by atoms with Gasteiger partial charge in [-0.25, -0.2) is 8.42 Å². The Morgan fingerprint density at radius 2 is 1.96 bits per heavy atom. The van der Waals surface area contributed by atoms with Crippen LogP contribution >= 0.6 is 15.9 Å². The zero-order valence-corrected chi connectivity index (χ0v) is 15.4. The number of rotatable bonds is 6. The van der Waals surface area contributed by atoms with Gasteiger partial charge in [-0.15, -0.1) is 6.58 Å². The van der Waals surface area contributed by atoms with Crippen molar-refractivity contribution in [2.24, 2.45) is 0 Å². The van der Waals surface area contributed by atoms with Crippen molar-refractivity contribution in [2.75, 3.05) is 11.3 Å². The summed E-state index contributed by atoms with van der Waals surface area (Å²) >= 11 is 3.34. The van der Waals surface area contributed by atoms with E-state index in [0.29, 0.717) is 6.54 Å². The third-order valence-corrected chi connectivity index (χ3v) is 5.52. The van der Waals surface area contributed by atoms with Crippen LogP contribution in [0.4, 0.5) is 5.69 Å². The SMILES string of the molecule is C=CCNC(=O)c1ccccc1NS(=O)(=O)c1ccc(Br)c(C)c1. The largest absolute Gasteiger partial charge is 0.349 e. The van der Waals surface area contributed by atoms with Crippen LogP contribution in [0.15, 0.2) is 64.5 Å². The zero-order chi connectivity index (χ0) is 17.7. The lowest BCUT2D eigenvalue weighted by Crippen LogP contribution is -2.25. The maximum absolute atomic E-state index is 12.6. The van der Waals surface area contributed by atoms with Crippen LogP contribution < -0.4 is 10.0 Å². The van der Waals surface area contributed by atoms with E-state index in [9.17, 15) is 13.2 Å². The third kappa shape index (κ3) is 4.24. The van der Waals surface area contributed by atoms with E-state index in [4.69, 9.17) is 0 Å². The van der Waals surface area contributed by atoms with E-state index in [-0.39, 0.29) is 22.1 Å². The van der Waals surface area contributed by atoms with Crippen molar-refractivity contribution in [2.45, 2.75) is 11.8 Å². The van der Waals surface area contributed by atoms with Gasteiger partial charge in [0.15, 0.2) is 0 Å². The molecule has 2 aromatic rings. The maximum atomic E-state index is 12.6. The zero-order valence-electron chi connectivity index (χ0n) is 13.0. The summed E-state index contributed by atoms with van der Waals surface area (Å²) in [5, 5.41) is 2.63. The second-order valence-corrected chi connectivity index (χ2v) is 7.60. The van der Waals surface area contributed by atoms with E-state index in [1.807, 2.05) is 0 Å². The summed E-state index contributed by atoms with van der Waals surface area (Å²) in [6, 6.07) is 11.2. The van der Waals surface area contributed by atoms with Gasteiger partial charge in [0.2, 0.25) is 0 Å². The molecule has 1 amide bonds. The molecule has 0 saturated heterocycles. The number of hydrogen-bond acceptors (Lipinski definition) is 3. The van der Waals surface area contributed by atoms with Gasteiger partial charge in [-0.3, -0.25) is 9.52 Å². The van der Waals surface area contributed by atoms with Gasteiger partial charge in [-0.1, -0.05) is 34.1 Å². The molecule has 0 fully saturated rings. The summed E-state index contributed by atoms with van der Waals surface area (Å²) < 4.78 is 28.5. The first-order chi connectivity index (χ1) is 11.3. The Hall–Kier alpha value is -2.12. The minimum Gasteiger partial charge on any atom is -0.349 e. The van der Waals surface area contributed by atoms with Crippen LogP contribution in [0.1, 0.15) is 15.9 Å². The average molecular weight is 409 g/mol. The molecule has 7 heteroatoms. The molecule has 24 heavy (non-hydrogen) atoms. The van der Waals surface area contributed by atoms with Gasteiger partial charge < -0.3 is 5.32 Å². The number of hydrogen-bond donors (Lipinski definition) is 2. The van der Waals surface area contributed by atoms with E-state index in [1.54, 1.807) is 49.4 Å². The van der Waals surface area contributed by atoms with Crippen molar-refractivity contribution in [3.63, 3.8) is 0 Å². The molecule has 2 rings (SSSR count). The normalized spacial score (nSPS) is 10.9. The van der Waals surface area contributed by atoms with Gasteiger partial charge in [0, 0.05) is 11.0 Å². The summed E-state index contributed by atoms with van der Waals surface area (Å²) in [4.78, 5) is 12.3. The Morgan fingerprint density at radius 3 is 2.62 bits per heavy atom. The molecule has 0 aliphatic carbocycles. The first kappa shape index (κ1) is 18.2. The van der Waals surface area contributed by atoms with E-state index in [0.717, 1.165) is 10.0 Å². The second kappa shape index (κ2) is 7.63. The fraction of sp³-hybridized carbons (Fsp3) is 0.118. The van der Waals surface area contributed by atoms with Crippen LogP contribution in [0.25, 0.3) is 0 Å². The van der Waals surface area contributed by atoms with Gasteiger partial charge in [0.25, 0.3) is 15.9 Å². The highest BCUT2D eigenvalue weighted by molar-refractivity contribution is 9.10. The molecule has 0 aliphatic heterocycles. The van der Waals surface area contributed by atoms with Crippen molar-refractivity contribution in [1.29, 1.82) is 0 Å². The number of nitrogens with one attached hydrogen (secondary N) is 2. The number of carbonyl (C=O) groups is 1. The van der Waals surface area contributed by atoms with Crippen LogP contribution in [-0.4, -0.2) is 20.9 Å². The highest BCUT2D eigenvalue weighted by Gasteiger charge is 2.18. The number of halogens is 1. The number of aryl methyl sites for hydroxylation is 1. The molecule has 0 heterocycles. The number of para-hydroxylation sites is 1. The minimum absolute atomic E-state index is 0.129. The molecule has 0 aromatic heterocycles. The molecule has 2 aromatic carbocycles. The van der Waals surface area contributed by atoms with Gasteiger partial charge in [-0.2, -0.15) is 0 Å². The second-order valence-electron chi connectivity index (χ2n) is 5.06. The Balaban J connectivity index is 2.34. The van der Waals surface area contributed by atoms with Crippen LogP contribution in [0.5, 0.6) is 0 Å². The summed E-state index contributed by atoms with van der Waals surface area (Å²) in [5.74, 6) is -0.375. The third-order valence-electron chi connectivity index (χ3n) is 3.26. The molecule has 2 N–H and O–H groups in total. The molecule has 0 atom stereocenters. The number of sulfonamides is 1. The molecular formula is C17H17BrN2O3S. The van der Waals surface area contributed by atoms with Gasteiger partial charge in [0.05, 0.1) is 16.1 Å². The van der Waals surface area contributed by atoms with Crippen molar-refractivity contribution in [3.05, 3.63) is 70.7 Å². The lowest BCUT2D eigenvalue weighted by atomic mass is 10.1. The summed E-state index contributed by atoms with van der Waals surface area (Å²) in [5.41, 5.74) is 1.27. The van der Waals surface area contributed by atoms with E-state index in [1.165, 1.54) is 6.07 Å². The van der Waals surface area contributed by atoms with E-state index in [2.05, 4.69) is 32.5 Å². The average Bonchev–Trinajstić information content (AvgIpc) is 2.55. The van der Waals surface area contributed by atoms with Crippen molar-refractivity contribution >= 4 is 37.5 Å². The first-order valence-corrected chi connectivity index (χ1v) is 9.40. The molecule has 0 bridgehead atoms. The van der Waals surface area contributed by atoms with Gasteiger partial charge in [0.1, 0.15) is 0 Å². The lowest BCUT2D eigenvalue weighted by molar-refractivity contribution is 0.0959. The lowest BCUT2D eigenvalue weighted by Gasteiger charge is -2.13. The molecule has 0 unspecified atom stereocenters. The molecule has 0 spiro atoms. The number of anilines is 1. The fourth-order valence-electron chi connectivity index (χ4n) is 2.02. The predicted molar refractivity (Wildman–Crippen MR) is 98.7 cm³/mol. The predicted octanol–water partition coefficient (Wildman–Crippen LogP) is 3.47. The number of carbonyl (C=O) groups excluding carboxylic acids is 1. The van der Waals surface area contributed by atoms with Gasteiger partial charge in [-0.05, 0) is 42.8 Å². The summed E-state index contributed by atoms with van der Waals surface area (Å²) in [7, 11) is -3.80. The molecule has 5 nitrogen and oxygen atoms in total. The van der Waals surface area contributed by atoms with E-state index < -0.39 is 10.0 Å². The quantitative estimate of drug-likeness (QED) is 0.718. The molecule has 0 saturated carbocycles. The Bertz CT molecular complexity index is 879. The first-order valence-electron chi connectivity index (χ1n) is 7.12. The van der Waals surface area contributed by atoms with Crippen molar-refractivity contribution in [1.82, 2.24) is 5.32 Å². The minimum atomic E-state index is -3.80. The monoisotopic (exact) mass is 408 g/mol. The van der Waals surface area contributed by atoms with Crippen LogP contribution in [0.2, 0.25) is 0 Å². The van der Waals surface area contributed by atoms with Crippen LogP contribution in [0.3, 0.4) is 0 Å². The maximum Gasteiger partial charge on any atom is 0.261 e. The topological polar surface area (TPSA) is 75.3 Å². The molecule has 0 radical (unpaired) electrons. The van der Waals surface area contributed by atoms with Gasteiger partial charge >= 0.3 is 0 Å². The molecular weight excluding hydrogens is 392 g/mol. The van der Waals surface area contributed by atoms with Crippen molar-refractivity contribution in [3.8, 4) is 0 Å². The highest BCUT2D eigenvalue weighted by Crippen LogP contribution is 2.23. The fourth-order valence-corrected chi connectivity index (χ4v) is 3.43. The van der Waals surface area contributed by atoms with Crippen molar-refractivity contribution < 1.29 is 13.2 Å². The molecule has 0 aliphatic rings. The van der Waals surface area contributed by atoms with E-state index >= 15 is 0 Å². The smallest absolute Gasteiger partial charge is 0.261 e. The summed E-state index contributed by atoms with van der Waals surface area (Å²) in [6.07, 6.45) is 1.55. The molecule has 126 valence electrons. The van der Waals surface area contributed by atoms with Crippen LogP contribution in [0, 0.1) is 6.92 Å². The number of benzene rings is 2. The highest BCUT2D eigenvalue weighted by atomic mass is 79.9. The Kier molecular flexibility index (Phi) is 5.80. The van der Waals surface area contributed by atoms with Crippen LogP contribution in [-0.2, 0) is 10.0 Å². The Morgan fingerprint density at radius 1 is 1.25 bits per heavy atom. The summed E-state index contributed by atoms with van der Waals surface area (Å²) in [6.45, 7) is 5.64. The standard InChI is InChI=1S/C17H17BrN2O3S/c1-3-10-19-17(21)14-6-4-5-7-16(14)20-24(22,23)13-8-9-15(18)12(2)11-13/h3-9,11,20H,1,10H2,2H3,(H,19,21).